The fraction of sp³-hybridized carbons (Fsp3) is 0.727. The van der Waals surface area contributed by atoms with Crippen molar-refractivity contribution in [2.75, 3.05) is 0 Å². The topological polar surface area (TPSA) is 57.5 Å². The SMILES string of the molecule is CC(O)C=CC1C[C@@H]2C(=O)C[C@H]2C1O. The maximum absolute atomic E-state index is 11.2. The van der Waals surface area contributed by atoms with Gasteiger partial charge < -0.3 is 10.2 Å². The third kappa shape index (κ3) is 1.51. The third-order valence-corrected chi connectivity index (χ3v) is 3.41. The number of hydrogen-bond donors (Lipinski definition) is 2. The zero-order chi connectivity index (χ0) is 10.3. The van der Waals surface area contributed by atoms with Gasteiger partial charge in [-0.25, -0.2) is 0 Å². The standard InChI is InChI=1S/C11H16O3/c1-6(12)2-3-7-4-8-9(11(7)14)5-10(8)13/h2-3,6-9,11-12,14H,4-5H2,1H3/t6?,7?,8-,9+,11?/m0/s1. The molecule has 3 nitrogen and oxygen atoms in total. The smallest absolute Gasteiger partial charge is 0.136 e. The van der Waals surface area contributed by atoms with Crippen LogP contribution in [0.3, 0.4) is 0 Å². The summed E-state index contributed by atoms with van der Waals surface area (Å²) in [5, 5.41) is 18.9. The molecular formula is C11H16O3. The summed E-state index contributed by atoms with van der Waals surface area (Å²) in [6, 6.07) is 0. The van der Waals surface area contributed by atoms with Crippen LogP contribution in [0.15, 0.2) is 12.2 Å². The second-order valence-electron chi connectivity index (χ2n) is 4.46. The van der Waals surface area contributed by atoms with Gasteiger partial charge in [0.15, 0.2) is 0 Å². The number of carbonyl (C=O) groups excluding carboxylic acids is 1. The van der Waals surface area contributed by atoms with Crippen molar-refractivity contribution in [2.45, 2.75) is 32.0 Å². The quantitative estimate of drug-likeness (QED) is 0.633. The molecule has 0 aromatic carbocycles. The summed E-state index contributed by atoms with van der Waals surface area (Å²) in [4.78, 5) is 11.2. The first kappa shape index (κ1) is 9.87. The lowest BCUT2D eigenvalue weighted by Gasteiger charge is -2.30. The third-order valence-electron chi connectivity index (χ3n) is 3.41. The molecule has 2 rings (SSSR count). The molecule has 0 saturated heterocycles. The van der Waals surface area contributed by atoms with Crippen LogP contribution in [0.4, 0.5) is 0 Å². The fourth-order valence-corrected chi connectivity index (χ4v) is 2.52. The molecule has 2 N–H and O–H groups in total. The van der Waals surface area contributed by atoms with Crippen LogP contribution in [0, 0.1) is 17.8 Å². The molecule has 0 spiro atoms. The Hall–Kier alpha value is -0.670. The van der Waals surface area contributed by atoms with Crippen LogP contribution in [0.5, 0.6) is 0 Å². The Morgan fingerprint density at radius 2 is 2.29 bits per heavy atom. The Labute approximate surface area is 83.4 Å². The van der Waals surface area contributed by atoms with Crippen molar-refractivity contribution in [1.29, 1.82) is 0 Å². The number of aliphatic hydroxyl groups excluding tert-OH is 2. The zero-order valence-corrected chi connectivity index (χ0v) is 8.26. The zero-order valence-electron chi connectivity index (χ0n) is 8.26. The molecule has 78 valence electrons. The highest BCUT2D eigenvalue weighted by Crippen LogP contribution is 2.47. The van der Waals surface area contributed by atoms with Gasteiger partial charge in [0.25, 0.3) is 0 Å². The maximum Gasteiger partial charge on any atom is 0.136 e. The number of rotatable bonds is 2. The van der Waals surface area contributed by atoms with Crippen LogP contribution in [-0.2, 0) is 4.79 Å². The highest BCUT2D eigenvalue weighted by atomic mass is 16.3. The normalized spacial score (nSPS) is 43.8. The molecule has 2 saturated carbocycles. The fourth-order valence-electron chi connectivity index (χ4n) is 2.52. The molecular weight excluding hydrogens is 180 g/mol. The van der Waals surface area contributed by atoms with Crippen LogP contribution in [0.2, 0.25) is 0 Å². The summed E-state index contributed by atoms with van der Waals surface area (Å²) in [7, 11) is 0. The molecule has 5 atom stereocenters. The van der Waals surface area contributed by atoms with Gasteiger partial charge in [-0.05, 0) is 13.3 Å². The first-order valence-corrected chi connectivity index (χ1v) is 5.16. The Morgan fingerprint density at radius 3 is 2.79 bits per heavy atom. The predicted octanol–water partition coefficient (Wildman–Crippen LogP) is 0.509. The van der Waals surface area contributed by atoms with Gasteiger partial charge in [0.05, 0.1) is 12.2 Å². The molecule has 2 aliphatic rings. The lowest BCUT2D eigenvalue weighted by molar-refractivity contribution is -0.135. The highest BCUT2D eigenvalue weighted by Gasteiger charge is 2.51. The average molecular weight is 196 g/mol. The van der Waals surface area contributed by atoms with Crippen molar-refractivity contribution >= 4 is 5.78 Å². The van der Waals surface area contributed by atoms with Gasteiger partial charge in [0.2, 0.25) is 0 Å². The van der Waals surface area contributed by atoms with Gasteiger partial charge in [0.1, 0.15) is 5.78 Å². The molecule has 0 aliphatic heterocycles. The van der Waals surface area contributed by atoms with Gasteiger partial charge in [-0.1, -0.05) is 12.2 Å². The van der Waals surface area contributed by atoms with Crippen molar-refractivity contribution in [2.24, 2.45) is 17.8 Å². The Balaban J connectivity index is 1.99. The molecule has 3 unspecified atom stereocenters. The minimum atomic E-state index is -0.476. The number of fused-ring (bicyclic) bond motifs is 1. The summed E-state index contributed by atoms with van der Waals surface area (Å²) in [6.45, 7) is 1.68. The van der Waals surface area contributed by atoms with Crippen LogP contribution in [0.1, 0.15) is 19.8 Å². The molecule has 3 heteroatoms. The van der Waals surface area contributed by atoms with Crippen molar-refractivity contribution in [1.82, 2.24) is 0 Å². The first-order chi connectivity index (χ1) is 6.59. The second-order valence-corrected chi connectivity index (χ2v) is 4.46. The molecule has 2 fully saturated rings. The van der Waals surface area contributed by atoms with Crippen molar-refractivity contribution in [3.8, 4) is 0 Å². The first-order valence-electron chi connectivity index (χ1n) is 5.16. The summed E-state index contributed by atoms with van der Waals surface area (Å²) in [6.07, 6.45) is 3.98. The highest BCUT2D eigenvalue weighted by molar-refractivity contribution is 5.88. The van der Waals surface area contributed by atoms with Crippen molar-refractivity contribution in [3.63, 3.8) is 0 Å². The van der Waals surface area contributed by atoms with Crippen LogP contribution in [0.25, 0.3) is 0 Å². The summed E-state index contributed by atoms with van der Waals surface area (Å²) < 4.78 is 0. The number of hydrogen-bond acceptors (Lipinski definition) is 3. The molecule has 2 aliphatic carbocycles. The van der Waals surface area contributed by atoms with Gasteiger partial charge in [-0.3, -0.25) is 4.79 Å². The van der Waals surface area contributed by atoms with E-state index in [9.17, 15) is 9.90 Å². The number of aliphatic hydroxyl groups is 2. The van der Waals surface area contributed by atoms with E-state index in [1.54, 1.807) is 13.0 Å². The van der Waals surface area contributed by atoms with Gasteiger partial charge in [-0.15, -0.1) is 0 Å². The van der Waals surface area contributed by atoms with Gasteiger partial charge >= 0.3 is 0 Å². The molecule has 0 radical (unpaired) electrons. The van der Waals surface area contributed by atoms with Gasteiger partial charge in [0, 0.05) is 24.2 Å². The molecule has 0 bridgehead atoms. The lowest BCUT2D eigenvalue weighted by Crippen LogP contribution is -2.38. The van der Waals surface area contributed by atoms with Crippen LogP contribution >= 0.6 is 0 Å². The molecule has 0 aromatic rings. The molecule has 0 amide bonds. The Kier molecular flexibility index (Phi) is 2.45. The average Bonchev–Trinajstić information content (AvgIpc) is 2.36. The summed E-state index contributed by atoms with van der Waals surface area (Å²) in [5.74, 6) is 0.632. The van der Waals surface area contributed by atoms with E-state index in [-0.39, 0.29) is 23.9 Å². The molecule has 14 heavy (non-hydrogen) atoms. The largest absolute Gasteiger partial charge is 0.392 e. The van der Waals surface area contributed by atoms with Crippen molar-refractivity contribution < 1.29 is 15.0 Å². The van der Waals surface area contributed by atoms with Crippen molar-refractivity contribution in [3.05, 3.63) is 12.2 Å². The Bertz CT molecular complexity index is 270. The van der Waals surface area contributed by atoms with E-state index in [0.29, 0.717) is 12.2 Å². The second kappa shape index (κ2) is 3.48. The minimum absolute atomic E-state index is 0.0612. The monoisotopic (exact) mass is 196 g/mol. The number of Topliss-reactive ketones (excluding diaryl/α,β-unsaturated/α-hetero) is 1. The van der Waals surface area contributed by atoms with E-state index in [0.717, 1.165) is 6.42 Å². The number of carbonyl (C=O) groups is 1. The maximum atomic E-state index is 11.2. The van der Waals surface area contributed by atoms with E-state index < -0.39 is 6.10 Å². The molecule has 0 heterocycles. The summed E-state index contributed by atoms with van der Waals surface area (Å²) in [5.41, 5.74) is 0. The van der Waals surface area contributed by atoms with Gasteiger partial charge in [-0.2, -0.15) is 0 Å². The van der Waals surface area contributed by atoms with E-state index in [2.05, 4.69) is 0 Å². The molecule has 0 aromatic heterocycles. The summed E-state index contributed by atoms with van der Waals surface area (Å²) >= 11 is 0. The van der Waals surface area contributed by atoms with E-state index in [4.69, 9.17) is 5.11 Å². The van der Waals surface area contributed by atoms with E-state index in [1.165, 1.54) is 0 Å². The lowest BCUT2D eigenvalue weighted by atomic mass is 9.74. The Morgan fingerprint density at radius 1 is 1.57 bits per heavy atom. The van der Waals surface area contributed by atoms with E-state index in [1.807, 2.05) is 6.08 Å². The predicted molar refractivity (Wildman–Crippen MR) is 51.5 cm³/mol. The minimum Gasteiger partial charge on any atom is -0.392 e. The van der Waals surface area contributed by atoms with Crippen LogP contribution in [-0.4, -0.2) is 28.2 Å². The number of ketones is 1. The van der Waals surface area contributed by atoms with E-state index >= 15 is 0 Å². The van der Waals surface area contributed by atoms with Crippen LogP contribution < -0.4 is 0 Å².